The van der Waals surface area contributed by atoms with Crippen molar-refractivity contribution in [3.05, 3.63) is 64.7 Å². The first-order valence-corrected chi connectivity index (χ1v) is 7.03. The Labute approximate surface area is 126 Å². The maximum Gasteiger partial charge on any atom is 0.252 e. The lowest BCUT2D eigenvalue weighted by molar-refractivity contribution is 0.0939. The summed E-state index contributed by atoms with van der Waals surface area (Å²) in [4.78, 5) is 12.4. The summed E-state index contributed by atoms with van der Waals surface area (Å²) in [5.74, 6) is 0.770. The van der Waals surface area contributed by atoms with Gasteiger partial charge < -0.3 is 10.1 Å². The van der Waals surface area contributed by atoms with Crippen LogP contribution in [0.1, 0.15) is 40.0 Å². The lowest BCUT2D eigenvalue weighted by Gasteiger charge is -2.16. The summed E-state index contributed by atoms with van der Waals surface area (Å²) in [6.07, 6.45) is 0. The highest BCUT2D eigenvalue weighted by Gasteiger charge is 2.13. The Bertz CT molecular complexity index is 632. The van der Waals surface area contributed by atoms with Crippen molar-refractivity contribution in [3.63, 3.8) is 0 Å². The smallest absolute Gasteiger partial charge is 0.252 e. The van der Waals surface area contributed by atoms with E-state index in [4.69, 9.17) is 4.74 Å². The lowest BCUT2D eigenvalue weighted by Crippen LogP contribution is -2.27. The van der Waals surface area contributed by atoms with Crippen LogP contribution < -0.4 is 10.1 Å². The zero-order chi connectivity index (χ0) is 15.4. The van der Waals surface area contributed by atoms with Gasteiger partial charge in [-0.1, -0.05) is 29.8 Å². The molecule has 1 atom stereocenters. The Balaban J connectivity index is 2.12. The fraction of sp³-hybridized carbons (Fsp3) is 0.278. The molecule has 1 N–H and O–H groups in total. The number of rotatable bonds is 4. The molecule has 0 radical (unpaired) electrons. The monoisotopic (exact) mass is 283 g/mol. The first-order chi connectivity index (χ1) is 10.0. The minimum atomic E-state index is -0.0525. The van der Waals surface area contributed by atoms with Crippen LogP contribution in [0, 0.1) is 13.8 Å². The molecule has 0 fully saturated rings. The van der Waals surface area contributed by atoms with Gasteiger partial charge >= 0.3 is 0 Å². The van der Waals surface area contributed by atoms with E-state index >= 15 is 0 Å². The second kappa shape index (κ2) is 6.44. The predicted molar refractivity (Wildman–Crippen MR) is 84.8 cm³/mol. The third-order valence-corrected chi connectivity index (χ3v) is 3.60. The molecule has 0 bridgehead atoms. The topological polar surface area (TPSA) is 38.3 Å². The van der Waals surface area contributed by atoms with E-state index in [0.29, 0.717) is 0 Å². The van der Waals surface area contributed by atoms with E-state index in [1.165, 1.54) is 0 Å². The first-order valence-electron chi connectivity index (χ1n) is 7.03. The van der Waals surface area contributed by atoms with Crippen molar-refractivity contribution in [1.29, 1.82) is 0 Å². The molecule has 0 saturated carbocycles. The van der Waals surface area contributed by atoms with Crippen molar-refractivity contribution in [1.82, 2.24) is 5.32 Å². The molecule has 2 aromatic carbocycles. The van der Waals surface area contributed by atoms with Crippen LogP contribution in [0.3, 0.4) is 0 Å². The molecule has 0 aliphatic heterocycles. The van der Waals surface area contributed by atoms with Crippen LogP contribution >= 0.6 is 0 Å². The number of benzene rings is 2. The molecular formula is C18H21NO2. The highest BCUT2D eigenvalue weighted by molar-refractivity contribution is 5.96. The molecule has 2 rings (SSSR count). The average molecular weight is 283 g/mol. The number of aryl methyl sites for hydroxylation is 2. The number of nitrogens with one attached hydrogen (secondary N) is 1. The average Bonchev–Trinajstić information content (AvgIpc) is 2.49. The maximum absolute atomic E-state index is 12.4. The molecule has 0 aliphatic rings. The third-order valence-electron chi connectivity index (χ3n) is 3.60. The molecule has 1 amide bonds. The van der Waals surface area contributed by atoms with Crippen molar-refractivity contribution in [2.75, 3.05) is 7.11 Å². The van der Waals surface area contributed by atoms with Gasteiger partial charge in [-0.25, -0.2) is 0 Å². The molecule has 110 valence electrons. The third kappa shape index (κ3) is 3.63. The van der Waals surface area contributed by atoms with Gasteiger partial charge in [0.25, 0.3) is 5.91 Å². The minimum Gasteiger partial charge on any atom is -0.497 e. The number of hydrogen-bond acceptors (Lipinski definition) is 2. The van der Waals surface area contributed by atoms with E-state index in [1.54, 1.807) is 7.11 Å². The normalized spacial score (nSPS) is 11.8. The summed E-state index contributed by atoms with van der Waals surface area (Å²) in [6, 6.07) is 13.6. The molecule has 3 nitrogen and oxygen atoms in total. The summed E-state index contributed by atoms with van der Waals surface area (Å²) >= 11 is 0. The highest BCUT2D eigenvalue weighted by atomic mass is 16.5. The SMILES string of the molecule is COc1ccc(C(C)NC(=O)c2cc(C)ccc2C)cc1. The van der Waals surface area contributed by atoms with Crippen LogP contribution in [-0.4, -0.2) is 13.0 Å². The van der Waals surface area contributed by atoms with Crippen LogP contribution in [0.25, 0.3) is 0 Å². The van der Waals surface area contributed by atoms with Crippen LogP contribution in [0.5, 0.6) is 5.75 Å². The van der Waals surface area contributed by atoms with Gasteiger partial charge in [-0.15, -0.1) is 0 Å². The van der Waals surface area contributed by atoms with Gasteiger partial charge in [-0.2, -0.15) is 0 Å². The van der Waals surface area contributed by atoms with E-state index in [-0.39, 0.29) is 11.9 Å². The van der Waals surface area contributed by atoms with Crippen molar-refractivity contribution >= 4 is 5.91 Å². The van der Waals surface area contributed by atoms with Gasteiger partial charge in [0.05, 0.1) is 13.2 Å². The molecule has 1 unspecified atom stereocenters. The van der Waals surface area contributed by atoms with Gasteiger partial charge in [0, 0.05) is 5.56 Å². The zero-order valence-electron chi connectivity index (χ0n) is 12.9. The second-order valence-corrected chi connectivity index (χ2v) is 5.29. The summed E-state index contributed by atoms with van der Waals surface area (Å²) in [7, 11) is 1.64. The molecule has 3 heteroatoms. The first kappa shape index (κ1) is 15.1. The highest BCUT2D eigenvalue weighted by Crippen LogP contribution is 2.18. The fourth-order valence-corrected chi connectivity index (χ4v) is 2.23. The molecule has 0 saturated heterocycles. The Morgan fingerprint density at radius 3 is 2.38 bits per heavy atom. The molecule has 21 heavy (non-hydrogen) atoms. The summed E-state index contributed by atoms with van der Waals surface area (Å²) in [5.41, 5.74) is 3.85. The van der Waals surface area contributed by atoms with E-state index in [0.717, 1.165) is 28.0 Å². The Kier molecular flexibility index (Phi) is 4.63. The van der Waals surface area contributed by atoms with Gasteiger partial charge in [0.2, 0.25) is 0 Å². The van der Waals surface area contributed by atoms with Crippen molar-refractivity contribution in [2.45, 2.75) is 26.8 Å². The van der Waals surface area contributed by atoms with E-state index in [2.05, 4.69) is 5.32 Å². The Morgan fingerprint density at radius 1 is 1.10 bits per heavy atom. The molecule has 0 spiro atoms. The molecule has 0 aliphatic carbocycles. The van der Waals surface area contributed by atoms with Gasteiger partial charge in [-0.3, -0.25) is 4.79 Å². The lowest BCUT2D eigenvalue weighted by atomic mass is 10.0. The van der Waals surface area contributed by atoms with Crippen molar-refractivity contribution < 1.29 is 9.53 Å². The number of carbonyl (C=O) groups excluding carboxylic acids is 1. The van der Waals surface area contributed by atoms with Gasteiger partial charge in [0.1, 0.15) is 5.75 Å². The number of methoxy groups -OCH3 is 1. The van der Waals surface area contributed by atoms with Gasteiger partial charge in [-0.05, 0) is 50.1 Å². The Hall–Kier alpha value is -2.29. The fourth-order valence-electron chi connectivity index (χ4n) is 2.23. The molecule has 0 aromatic heterocycles. The van der Waals surface area contributed by atoms with Crippen molar-refractivity contribution in [3.8, 4) is 5.75 Å². The van der Waals surface area contributed by atoms with E-state index < -0.39 is 0 Å². The number of hydrogen-bond donors (Lipinski definition) is 1. The molecular weight excluding hydrogens is 262 g/mol. The van der Waals surface area contributed by atoms with Crippen LogP contribution in [0.4, 0.5) is 0 Å². The zero-order valence-corrected chi connectivity index (χ0v) is 12.9. The predicted octanol–water partition coefficient (Wildman–Crippen LogP) is 3.80. The summed E-state index contributed by atoms with van der Waals surface area (Å²) in [5, 5.41) is 3.04. The maximum atomic E-state index is 12.4. The number of carbonyl (C=O) groups is 1. The number of ether oxygens (including phenoxy) is 1. The molecule has 2 aromatic rings. The standard InChI is InChI=1S/C18H21NO2/c1-12-5-6-13(2)17(11-12)18(20)19-14(3)15-7-9-16(21-4)10-8-15/h5-11,14H,1-4H3,(H,19,20). The van der Waals surface area contributed by atoms with Gasteiger partial charge in [0.15, 0.2) is 0 Å². The largest absolute Gasteiger partial charge is 0.497 e. The quantitative estimate of drug-likeness (QED) is 0.926. The van der Waals surface area contributed by atoms with E-state index in [1.807, 2.05) is 63.2 Å². The number of amides is 1. The van der Waals surface area contributed by atoms with Crippen LogP contribution in [-0.2, 0) is 0 Å². The van der Waals surface area contributed by atoms with Crippen LogP contribution in [0.2, 0.25) is 0 Å². The Morgan fingerprint density at radius 2 is 1.76 bits per heavy atom. The molecule has 0 heterocycles. The summed E-state index contributed by atoms with van der Waals surface area (Å²) < 4.78 is 5.14. The minimum absolute atomic E-state index is 0.0421. The second-order valence-electron chi connectivity index (χ2n) is 5.29. The van der Waals surface area contributed by atoms with Crippen LogP contribution in [0.15, 0.2) is 42.5 Å². The summed E-state index contributed by atoms with van der Waals surface area (Å²) in [6.45, 7) is 5.92. The van der Waals surface area contributed by atoms with Crippen molar-refractivity contribution in [2.24, 2.45) is 0 Å². The van der Waals surface area contributed by atoms with E-state index in [9.17, 15) is 4.79 Å².